The highest BCUT2D eigenvalue weighted by Gasteiger charge is 2.37. The summed E-state index contributed by atoms with van der Waals surface area (Å²) >= 11 is 0. The smallest absolute Gasteiger partial charge is 0.304 e. The predicted octanol–water partition coefficient (Wildman–Crippen LogP) is 3.47. The van der Waals surface area contributed by atoms with Crippen LogP contribution in [-0.4, -0.2) is 30.8 Å². The van der Waals surface area contributed by atoms with Crippen molar-refractivity contribution < 1.29 is 18.3 Å². The van der Waals surface area contributed by atoms with E-state index in [0.29, 0.717) is 0 Å². The third kappa shape index (κ3) is 3.43. The Balaban J connectivity index is 2.06. The Kier molecular flexibility index (Phi) is 4.98. The van der Waals surface area contributed by atoms with Crippen molar-refractivity contribution in [3.63, 3.8) is 0 Å². The van der Waals surface area contributed by atoms with Gasteiger partial charge < -0.3 is 5.11 Å². The zero-order chi connectivity index (χ0) is 18.9. The van der Waals surface area contributed by atoms with Crippen LogP contribution < -0.4 is 0 Å². The molecule has 1 aliphatic carbocycles. The molecular weight excluding hydrogens is 350 g/mol. The molecule has 0 unspecified atom stereocenters. The molecule has 0 heterocycles. The molecule has 1 N–H and O–H groups in total. The van der Waals surface area contributed by atoms with Crippen LogP contribution in [0, 0.1) is 12.8 Å². The molecule has 0 bridgehead atoms. The molecule has 0 saturated carbocycles. The second kappa shape index (κ2) is 7.05. The second-order valence-electron chi connectivity index (χ2n) is 6.53. The number of benzene rings is 2. The first-order chi connectivity index (χ1) is 12.3. The molecule has 0 radical (unpaired) electrons. The molecule has 2 aromatic carbocycles. The van der Waals surface area contributed by atoms with E-state index in [4.69, 9.17) is 0 Å². The van der Waals surface area contributed by atoms with Crippen LogP contribution in [0.5, 0.6) is 0 Å². The van der Waals surface area contributed by atoms with E-state index in [1.807, 2.05) is 37.3 Å². The van der Waals surface area contributed by atoms with Gasteiger partial charge in [0.05, 0.1) is 17.4 Å². The highest BCUT2D eigenvalue weighted by molar-refractivity contribution is 7.89. The van der Waals surface area contributed by atoms with Crippen LogP contribution >= 0.6 is 0 Å². The number of carboxylic acids is 1. The fourth-order valence-electron chi connectivity index (χ4n) is 3.37. The topological polar surface area (TPSA) is 74.7 Å². The van der Waals surface area contributed by atoms with E-state index in [9.17, 15) is 18.3 Å². The molecule has 26 heavy (non-hydrogen) atoms. The maximum absolute atomic E-state index is 13.1. The number of carbonyl (C=O) groups is 1. The number of fused-ring (bicyclic) bond motifs is 1. The first-order valence-electron chi connectivity index (χ1n) is 8.34. The number of rotatable bonds is 5. The minimum absolute atomic E-state index is 0.136. The quantitative estimate of drug-likeness (QED) is 0.873. The van der Waals surface area contributed by atoms with E-state index in [-0.39, 0.29) is 11.3 Å². The van der Waals surface area contributed by atoms with E-state index in [0.717, 1.165) is 16.7 Å². The van der Waals surface area contributed by atoms with Gasteiger partial charge in [-0.25, -0.2) is 8.42 Å². The minimum atomic E-state index is -3.76. The van der Waals surface area contributed by atoms with Crippen molar-refractivity contribution in [1.29, 1.82) is 0 Å². The van der Waals surface area contributed by atoms with Crippen molar-refractivity contribution in [3.05, 3.63) is 71.3 Å². The van der Waals surface area contributed by atoms with Crippen molar-refractivity contribution in [2.45, 2.75) is 24.3 Å². The molecule has 0 amide bonds. The highest BCUT2D eigenvalue weighted by atomic mass is 32.2. The molecule has 5 nitrogen and oxygen atoms in total. The van der Waals surface area contributed by atoms with Gasteiger partial charge in [0.25, 0.3) is 0 Å². The summed E-state index contributed by atoms with van der Waals surface area (Å²) in [5, 5.41) is 9.26. The van der Waals surface area contributed by atoms with Crippen LogP contribution in [0.4, 0.5) is 0 Å². The number of hydrogen-bond acceptors (Lipinski definition) is 3. The molecule has 6 heteroatoms. The number of aryl methyl sites for hydroxylation is 1. The van der Waals surface area contributed by atoms with Crippen molar-refractivity contribution in [1.82, 2.24) is 4.31 Å². The fraction of sp³-hybridized carbons (Fsp3) is 0.250. The lowest BCUT2D eigenvalue weighted by Gasteiger charge is -2.35. The van der Waals surface area contributed by atoms with Crippen molar-refractivity contribution >= 4 is 22.1 Å². The van der Waals surface area contributed by atoms with Gasteiger partial charge >= 0.3 is 5.97 Å². The van der Waals surface area contributed by atoms with Crippen molar-refractivity contribution in [2.24, 2.45) is 5.92 Å². The van der Waals surface area contributed by atoms with Crippen LogP contribution in [0.1, 0.15) is 29.2 Å². The lowest BCUT2D eigenvalue weighted by Crippen LogP contribution is -2.37. The summed E-state index contributed by atoms with van der Waals surface area (Å²) in [6.07, 6.45) is 3.53. The number of hydrogen-bond donors (Lipinski definition) is 1. The normalized spacial score (nSPS) is 19.3. The van der Waals surface area contributed by atoms with Crippen LogP contribution in [0.2, 0.25) is 0 Å². The lowest BCUT2D eigenvalue weighted by molar-refractivity contribution is -0.138. The van der Waals surface area contributed by atoms with Gasteiger partial charge in [0.1, 0.15) is 0 Å². The largest absolute Gasteiger partial charge is 0.481 e. The zero-order valence-electron chi connectivity index (χ0n) is 14.7. The Morgan fingerprint density at radius 2 is 1.77 bits per heavy atom. The summed E-state index contributed by atoms with van der Waals surface area (Å²) in [5.41, 5.74) is 2.70. The molecule has 0 spiro atoms. The van der Waals surface area contributed by atoms with E-state index in [1.54, 1.807) is 30.3 Å². The molecule has 2 atom stereocenters. The number of sulfonamides is 1. The van der Waals surface area contributed by atoms with Crippen molar-refractivity contribution in [3.8, 4) is 0 Å². The zero-order valence-corrected chi connectivity index (χ0v) is 15.5. The van der Waals surface area contributed by atoms with Crippen molar-refractivity contribution in [2.75, 3.05) is 7.05 Å². The first kappa shape index (κ1) is 18.4. The van der Waals surface area contributed by atoms with Crippen LogP contribution in [0.25, 0.3) is 6.08 Å². The molecule has 0 fully saturated rings. The minimum Gasteiger partial charge on any atom is -0.481 e. The Hall–Kier alpha value is -2.44. The second-order valence-corrected chi connectivity index (χ2v) is 8.53. The van der Waals surface area contributed by atoms with Gasteiger partial charge in [0, 0.05) is 13.0 Å². The summed E-state index contributed by atoms with van der Waals surface area (Å²) in [5.74, 6) is -1.39. The Morgan fingerprint density at radius 1 is 1.12 bits per heavy atom. The lowest BCUT2D eigenvalue weighted by atomic mass is 9.83. The van der Waals surface area contributed by atoms with E-state index < -0.39 is 28.0 Å². The third-order valence-electron chi connectivity index (χ3n) is 4.74. The summed E-state index contributed by atoms with van der Waals surface area (Å²) in [6.45, 7) is 1.89. The number of nitrogens with zero attached hydrogens (tertiary/aromatic N) is 1. The number of aliphatic carboxylic acids is 1. The van der Waals surface area contributed by atoms with Gasteiger partial charge in [-0.2, -0.15) is 4.31 Å². The standard InChI is InChI=1S/C20H21NO4S/c1-14-7-11-17(12-8-14)26(24,25)21(2)20-16(13-19(22)23)10-9-15-5-3-4-6-18(15)20/h3-12,16,20H,13H2,1-2H3,(H,22,23)/t16-,20-/m1/s1. The van der Waals surface area contributed by atoms with Gasteiger partial charge in [0.15, 0.2) is 0 Å². The van der Waals surface area contributed by atoms with Crippen LogP contribution in [0.15, 0.2) is 59.5 Å². The molecule has 136 valence electrons. The monoisotopic (exact) mass is 371 g/mol. The summed E-state index contributed by atoms with van der Waals surface area (Å²) in [7, 11) is -2.24. The molecule has 0 aromatic heterocycles. The maximum atomic E-state index is 13.1. The van der Waals surface area contributed by atoms with Gasteiger partial charge in [-0.3, -0.25) is 4.79 Å². The van der Waals surface area contributed by atoms with Gasteiger partial charge in [0.2, 0.25) is 10.0 Å². The molecule has 1 aliphatic rings. The van der Waals surface area contributed by atoms with Gasteiger partial charge in [-0.15, -0.1) is 0 Å². The first-order valence-corrected chi connectivity index (χ1v) is 9.78. The van der Waals surface area contributed by atoms with Crippen LogP contribution in [-0.2, 0) is 14.8 Å². The summed E-state index contributed by atoms with van der Waals surface area (Å²) in [4.78, 5) is 11.5. The molecule has 2 aromatic rings. The average Bonchev–Trinajstić information content (AvgIpc) is 2.61. The van der Waals surface area contributed by atoms with Crippen LogP contribution in [0.3, 0.4) is 0 Å². The highest BCUT2D eigenvalue weighted by Crippen LogP contribution is 2.40. The Morgan fingerprint density at radius 3 is 2.42 bits per heavy atom. The Bertz CT molecular complexity index is 948. The average molecular weight is 371 g/mol. The fourth-order valence-corrected chi connectivity index (χ4v) is 4.75. The molecule has 0 aliphatic heterocycles. The van der Waals surface area contributed by atoms with Gasteiger partial charge in [-0.1, -0.05) is 54.1 Å². The summed E-state index contributed by atoms with van der Waals surface area (Å²) in [6, 6.07) is 13.6. The maximum Gasteiger partial charge on any atom is 0.304 e. The predicted molar refractivity (Wildman–Crippen MR) is 100 cm³/mol. The number of carboxylic acid groups (broad SMARTS) is 1. The third-order valence-corrected chi connectivity index (χ3v) is 6.60. The molecule has 0 saturated heterocycles. The van der Waals surface area contributed by atoms with E-state index in [2.05, 4.69) is 0 Å². The molecule has 3 rings (SSSR count). The SMILES string of the molecule is Cc1ccc(S(=O)(=O)N(C)[C@H]2c3ccccc3C=C[C@@H]2CC(=O)O)cc1. The Labute approximate surface area is 153 Å². The van der Waals surface area contributed by atoms with E-state index >= 15 is 0 Å². The van der Waals surface area contributed by atoms with E-state index in [1.165, 1.54) is 11.4 Å². The van der Waals surface area contributed by atoms with Gasteiger partial charge in [-0.05, 0) is 30.2 Å². The summed E-state index contributed by atoms with van der Waals surface area (Å²) < 4.78 is 27.6. The molecular formula is C20H21NO4S.